The molecule has 2 aromatic rings. The first-order valence-electron chi connectivity index (χ1n) is 6.05. The largest absolute Gasteiger partial charge is 0.496 e. The van der Waals surface area contributed by atoms with Gasteiger partial charge >= 0.3 is 6.61 Å². The van der Waals surface area contributed by atoms with Crippen LogP contribution in [0.25, 0.3) is 0 Å². The fourth-order valence-corrected chi connectivity index (χ4v) is 1.99. The second kappa shape index (κ2) is 6.34. The van der Waals surface area contributed by atoms with Crippen molar-refractivity contribution >= 4 is 0 Å². The van der Waals surface area contributed by atoms with Gasteiger partial charge in [0.1, 0.15) is 11.5 Å². The van der Waals surface area contributed by atoms with Crippen LogP contribution in [0.2, 0.25) is 0 Å². The van der Waals surface area contributed by atoms with Crippen LogP contribution in [-0.4, -0.2) is 13.7 Å². The van der Waals surface area contributed by atoms with Crippen molar-refractivity contribution in [3.8, 4) is 11.5 Å². The Hall–Kier alpha value is -2.14. The summed E-state index contributed by atoms with van der Waals surface area (Å²) < 4.78 is 34.1. The molecular formula is C15H15F2NO2. The highest BCUT2D eigenvalue weighted by molar-refractivity contribution is 5.43. The van der Waals surface area contributed by atoms with Gasteiger partial charge in [-0.25, -0.2) is 0 Å². The maximum absolute atomic E-state index is 12.2. The van der Waals surface area contributed by atoms with Crippen LogP contribution in [-0.2, 0) is 0 Å². The van der Waals surface area contributed by atoms with Crippen molar-refractivity contribution in [2.75, 3.05) is 7.11 Å². The fourth-order valence-electron chi connectivity index (χ4n) is 1.99. The lowest BCUT2D eigenvalue weighted by Gasteiger charge is -2.16. The Morgan fingerprint density at radius 2 is 1.80 bits per heavy atom. The zero-order valence-corrected chi connectivity index (χ0v) is 10.9. The molecule has 0 saturated carbocycles. The molecule has 0 saturated heterocycles. The molecule has 3 nitrogen and oxygen atoms in total. The van der Waals surface area contributed by atoms with Crippen molar-refractivity contribution < 1.29 is 18.3 Å². The van der Waals surface area contributed by atoms with Crippen molar-refractivity contribution in [3.63, 3.8) is 0 Å². The molecule has 0 spiro atoms. The van der Waals surface area contributed by atoms with Gasteiger partial charge < -0.3 is 15.2 Å². The molecule has 5 heteroatoms. The minimum absolute atomic E-state index is 0.0860. The summed E-state index contributed by atoms with van der Waals surface area (Å²) in [6.07, 6.45) is 0. The summed E-state index contributed by atoms with van der Waals surface area (Å²) in [5, 5.41) is 0. The first-order valence-corrected chi connectivity index (χ1v) is 6.05. The molecule has 0 aromatic heterocycles. The second-order valence-electron chi connectivity index (χ2n) is 4.17. The summed E-state index contributed by atoms with van der Waals surface area (Å²) in [6, 6.07) is 13.2. The SMILES string of the molecule is COc1ccccc1C(N)c1cccc(OC(F)F)c1. The number of ether oxygens (including phenoxy) is 2. The summed E-state index contributed by atoms with van der Waals surface area (Å²) in [7, 11) is 1.56. The third-order valence-electron chi connectivity index (χ3n) is 2.92. The number of halogens is 2. The number of rotatable bonds is 5. The third-order valence-corrected chi connectivity index (χ3v) is 2.92. The number of alkyl halides is 2. The van der Waals surface area contributed by atoms with Gasteiger partial charge in [0.25, 0.3) is 0 Å². The molecule has 2 rings (SSSR count). The van der Waals surface area contributed by atoms with E-state index in [1.54, 1.807) is 25.3 Å². The maximum atomic E-state index is 12.2. The molecule has 0 aliphatic heterocycles. The number of hydrogen-bond acceptors (Lipinski definition) is 3. The van der Waals surface area contributed by atoms with Gasteiger partial charge in [-0.3, -0.25) is 0 Å². The zero-order chi connectivity index (χ0) is 14.5. The van der Waals surface area contributed by atoms with E-state index in [1.165, 1.54) is 12.1 Å². The Bertz CT molecular complexity index is 575. The van der Waals surface area contributed by atoms with E-state index in [0.717, 1.165) is 5.56 Å². The highest BCUT2D eigenvalue weighted by Gasteiger charge is 2.14. The lowest BCUT2D eigenvalue weighted by Crippen LogP contribution is -2.13. The van der Waals surface area contributed by atoms with Crippen molar-refractivity contribution in [1.82, 2.24) is 0 Å². The Labute approximate surface area is 115 Å². The Morgan fingerprint density at radius 1 is 1.05 bits per heavy atom. The number of hydrogen-bond donors (Lipinski definition) is 1. The van der Waals surface area contributed by atoms with E-state index < -0.39 is 12.7 Å². The van der Waals surface area contributed by atoms with E-state index in [9.17, 15) is 8.78 Å². The summed E-state index contributed by atoms with van der Waals surface area (Å²) in [6.45, 7) is -2.85. The topological polar surface area (TPSA) is 44.5 Å². The quantitative estimate of drug-likeness (QED) is 0.913. The molecule has 0 aliphatic rings. The normalized spacial score (nSPS) is 12.2. The smallest absolute Gasteiger partial charge is 0.387 e. The van der Waals surface area contributed by atoms with E-state index in [0.29, 0.717) is 11.3 Å². The highest BCUT2D eigenvalue weighted by atomic mass is 19.3. The van der Waals surface area contributed by atoms with Crippen LogP contribution in [0, 0.1) is 0 Å². The van der Waals surface area contributed by atoms with Crippen LogP contribution in [0.15, 0.2) is 48.5 Å². The first kappa shape index (κ1) is 14.3. The molecule has 20 heavy (non-hydrogen) atoms. The molecule has 0 bridgehead atoms. The number of nitrogens with two attached hydrogens (primary N) is 1. The Morgan fingerprint density at radius 3 is 2.50 bits per heavy atom. The van der Waals surface area contributed by atoms with E-state index in [1.807, 2.05) is 18.2 Å². The second-order valence-corrected chi connectivity index (χ2v) is 4.17. The van der Waals surface area contributed by atoms with E-state index in [2.05, 4.69) is 4.74 Å². The number of methoxy groups -OCH3 is 1. The van der Waals surface area contributed by atoms with Crippen LogP contribution >= 0.6 is 0 Å². The van der Waals surface area contributed by atoms with Gasteiger partial charge in [0.05, 0.1) is 13.2 Å². The molecule has 0 fully saturated rings. The summed E-state index contributed by atoms with van der Waals surface area (Å²) in [5.41, 5.74) is 7.62. The van der Waals surface area contributed by atoms with Gasteiger partial charge in [-0.2, -0.15) is 8.78 Å². The third kappa shape index (κ3) is 3.24. The predicted octanol–water partition coefficient (Wildman–Crippen LogP) is 3.34. The van der Waals surface area contributed by atoms with Crippen molar-refractivity contribution in [2.45, 2.75) is 12.7 Å². The maximum Gasteiger partial charge on any atom is 0.387 e. The molecule has 0 heterocycles. The Kier molecular flexibility index (Phi) is 4.53. The highest BCUT2D eigenvalue weighted by Crippen LogP contribution is 2.29. The molecule has 0 aliphatic carbocycles. The Balaban J connectivity index is 2.30. The van der Waals surface area contributed by atoms with Gasteiger partial charge in [0.2, 0.25) is 0 Å². The van der Waals surface area contributed by atoms with Gasteiger partial charge in [0.15, 0.2) is 0 Å². The predicted molar refractivity (Wildman–Crippen MR) is 72.1 cm³/mol. The van der Waals surface area contributed by atoms with Crippen molar-refractivity contribution in [2.24, 2.45) is 5.73 Å². The average Bonchev–Trinajstić information content (AvgIpc) is 2.46. The van der Waals surface area contributed by atoms with Crippen molar-refractivity contribution in [1.29, 1.82) is 0 Å². The van der Waals surface area contributed by atoms with Crippen LogP contribution in [0.5, 0.6) is 11.5 Å². The van der Waals surface area contributed by atoms with Gasteiger partial charge in [-0.05, 0) is 23.8 Å². The minimum Gasteiger partial charge on any atom is -0.496 e. The monoisotopic (exact) mass is 279 g/mol. The van der Waals surface area contributed by atoms with Crippen molar-refractivity contribution in [3.05, 3.63) is 59.7 Å². The summed E-state index contributed by atoms with van der Waals surface area (Å²) in [4.78, 5) is 0. The fraction of sp³-hybridized carbons (Fsp3) is 0.200. The average molecular weight is 279 g/mol. The van der Waals surface area contributed by atoms with Crippen LogP contribution in [0.3, 0.4) is 0 Å². The van der Waals surface area contributed by atoms with E-state index in [4.69, 9.17) is 10.5 Å². The van der Waals surface area contributed by atoms with Gasteiger partial charge in [-0.15, -0.1) is 0 Å². The standard InChI is InChI=1S/C15H15F2NO2/c1-19-13-8-3-2-7-12(13)14(18)10-5-4-6-11(9-10)20-15(16)17/h2-9,14-15H,18H2,1H3. The number of para-hydroxylation sites is 1. The lowest BCUT2D eigenvalue weighted by molar-refractivity contribution is -0.0498. The molecule has 2 aromatic carbocycles. The minimum atomic E-state index is -2.85. The lowest BCUT2D eigenvalue weighted by atomic mass is 9.98. The van der Waals surface area contributed by atoms with Crippen LogP contribution in [0.1, 0.15) is 17.2 Å². The molecule has 1 atom stereocenters. The van der Waals surface area contributed by atoms with Gasteiger partial charge in [-0.1, -0.05) is 30.3 Å². The van der Waals surface area contributed by atoms with Crippen LogP contribution < -0.4 is 15.2 Å². The van der Waals surface area contributed by atoms with Gasteiger partial charge in [0, 0.05) is 5.56 Å². The number of benzene rings is 2. The molecular weight excluding hydrogens is 264 g/mol. The first-order chi connectivity index (χ1) is 9.61. The molecule has 2 N–H and O–H groups in total. The van der Waals surface area contributed by atoms with E-state index >= 15 is 0 Å². The molecule has 0 radical (unpaired) electrons. The molecule has 106 valence electrons. The molecule has 0 amide bonds. The van der Waals surface area contributed by atoms with Crippen LogP contribution in [0.4, 0.5) is 8.78 Å². The summed E-state index contributed by atoms with van der Waals surface area (Å²) >= 11 is 0. The molecule has 1 unspecified atom stereocenters. The van der Waals surface area contributed by atoms with E-state index in [-0.39, 0.29) is 5.75 Å². The zero-order valence-electron chi connectivity index (χ0n) is 10.9. The summed E-state index contributed by atoms with van der Waals surface area (Å²) in [5.74, 6) is 0.739.